The number of fused-ring (bicyclic) bond motifs is 1. The minimum absolute atomic E-state index is 0.0733. The minimum atomic E-state index is 0.0733. The molecule has 7 heteroatoms. The van der Waals surface area contributed by atoms with Crippen molar-refractivity contribution in [2.45, 2.75) is 30.6 Å². The first-order valence-corrected chi connectivity index (χ1v) is 9.84. The van der Waals surface area contributed by atoms with Gasteiger partial charge in [0.2, 0.25) is 5.91 Å². The maximum absolute atomic E-state index is 11.4. The van der Waals surface area contributed by atoms with E-state index in [1.165, 1.54) is 11.9 Å². The van der Waals surface area contributed by atoms with Crippen molar-refractivity contribution in [2.75, 3.05) is 11.9 Å². The second kappa shape index (κ2) is 9.31. The lowest BCUT2D eigenvalue weighted by molar-refractivity contribution is -0.116. The first kappa shape index (κ1) is 19.1. The third-order valence-electron chi connectivity index (χ3n) is 3.84. The summed E-state index contributed by atoms with van der Waals surface area (Å²) in [7, 11) is 0. The Morgan fingerprint density at radius 3 is 2.88 bits per heavy atom. The largest absolute Gasteiger partial charge is 0.494 e. The molecule has 136 valence electrons. The number of anilines is 1. The van der Waals surface area contributed by atoms with Gasteiger partial charge in [-0.3, -0.25) is 4.79 Å². The van der Waals surface area contributed by atoms with Gasteiger partial charge >= 0.3 is 0 Å². The molecule has 3 rings (SSSR count). The van der Waals surface area contributed by atoms with Gasteiger partial charge in [0.15, 0.2) is 0 Å². The van der Waals surface area contributed by atoms with E-state index in [0.29, 0.717) is 23.1 Å². The Hall–Kier alpha value is -1.69. The number of carbonyl (C=O) groups is 1. The zero-order valence-corrected chi connectivity index (χ0v) is 16.3. The van der Waals surface area contributed by atoms with Crippen molar-refractivity contribution in [1.29, 1.82) is 0 Å². The molecular weight excluding hydrogens is 391 g/mol. The third kappa shape index (κ3) is 5.40. The molecular formula is C19H18Cl2N2O2S. The lowest BCUT2D eigenvalue weighted by atomic mass is 10.0. The Kier molecular flexibility index (Phi) is 6.83. The van der Waals surface area contributed by atoms with E-state index in [0.717, 1.165) is 41.2 Å². The molecule has 0 bridgehead atoms. The summed E-state index contributed by atoms with van der Waals surface area (Å²) in [5.74, 6) is 0.909. The van der Waals surface area contributed by atoms with Crippen LogP contribution in [0, 0.1) is 0 Å². The monoisotopic (exact) mass is 408 g/mol. The van der Waals surface area contributed by atoms with Crippen LogP contribution in [0.4, 0.5) is 5.69 Å². The molecule has 0 atom stereocenters. The van der Waals surface area contributed by atoms with E-state index in [1.807, 2.05) is 30.5 Å². The van der Waals surface area contributed by atoms with Gasteiger partial charge in [-0.05, 0) is 61.2 Å². The van der Waals surface area contributed by atoms with Gasteiger partial charge in [0, 0.05) is 35.2 Å². The number of nitrogens with one attached hydrogen (secondary N) is 1. The van der Waals surface area contributed by atoms with E-state index < -0.39 is 0 Å². The van der Waals surface area contributed by atoms with E-state index in [9.17, 15) is 4.79 Å². The highest BCUT2D eigenvalue weighted by Gasteiger charge is 2.14. The van der Waals surface area contributed by atoms with E-state index in [2.05, 4.69) is 9.71 Å². The number of amides is 1. The lowest BCUT2D eigenvalue weighted by Gasteiger charge is -2.17. The van der Waals surface area contributed by atoms with Crippen molar-refractivity contribution in [1.82, 2.24) is 0 Å². The number of hydrogen-bond donors (Lipinski definition) is 1. The summed E-state index contributed by atoms with van der Waals surface area (Å²) >= 11 is 13.2. The summed E-state index contributed by atoms with van der Waals surface area (Å²) in [5.41, 5.74) is 2.02. The maximum Gasteiger partial charge on any atom is 0.224 e. The lowest BCUT2D eigenvalue weighted by Crippen LogP contribution is -2.18. The van der Waals surface area contributed by atoms with E-state index in [-0.39, 0.29) is 5.91 Å². The number of ether oxygens (including phenoxy) is 1. The number of aryl methyl sites for hydroxylation is 1. The van der Waals surface area contributed by atoms with E-state index in [4.69, 9.17) is 27.9 Å². The van der Waals surface area contributed by atoms with Crippen LogP contribution in [0.1, 0.15) is 24.8 Å². The number of carbonyl (C=O) groups excluding carboxylic acids is 1. The molecule has 2 aromatic carbocycles. The van der Waals surface area contributed by atoms with Crippen molar-refractivity contribution >= 4 is 53.0 Å². The normalized spacial score (nSPS) is 13.5. The topological polar surface area (TPSA) is 50.7 Å². The summed E-state index contributed by atoms with van der Waals surface area (Å²) in [4.78, 5) is 12.3. The molecule has 0 saturated carbocycles. The van der Waals surface area contributed by atoms with Crippen LogP contribution in [0.5, 0.6) is 5.75 Å². The zero-order valence-electron chi connectivity index (χ0n) is 14.0. The number of benzene rings is 2. The van der Waals surface area contributed by atoms with E-state index in [1.54, 1.807) is 12.1 Å². The molecule has 0 unspecified atom stereocenters. The summed E-state index contributed by atoms with van der Waals surface area (Å²) in [6, 6.07) is 11.2. The fourth-order valence-corrected chi connectivity index (χ4v) is 3.46. The van der Waals surface area contributed by atoms with Crippen molar-refractivity contribution in [3.05, 3.63) is 52.0 Å². The molecule has 2 aromatic rings. The highest BCUT2D eigenvalue weighted by molar-refractivity contribution is 7.98. The van der Waals surface area contributed by atoms with Crippen LogP contribution < -0.4 is 10.1 Å². The molecule has 4 nitrogen and oxygen atoms in total. The first-order chi connectivity index (χ1) is 12.6. The van der Waals surface area contributed by atoms with Crippen molar-refractivity contribution in [3.8, 4) is 5.75 Å². The number of nitrogens with zero attached hydrogens (tertiary/aromatic N) is 1. The molecule has 26 heavy (non-hydrogen) atoms. The van der Waals surface area contributed by atoms with Crippen molar-refractivity contribution in [3.63, 3.8) is 0 Å². The molecule has 1 aliphatic heterocycles. The van der Waals surface area contributed by atoms with Gasteiger partial charge in [-0.15, -0.1) is 0 Å². The van der Waals surface area contributed by atoms with Gasteiger partial charge in [0.1, 0.15) is 5.75 Å². The second-order valence-corrected chi connectivity index (χ2v) is 7.49. The average Bonchev–Trinajstić information content (AvgIpc) is 2.64. The number of unbranched alkanes of at least 4 members (excludes halogenated alkanes) is 1. The van der Waals surface area contributed by atoms with Crippen LogP contribution in [0.15, 0.2) is 45.7 Å². The number of hydrogen-bond acceptors (Lipinski definition) is 4. The predicted octanol–water partition coefficient (Wildman–Crippen LogP) is 5.82. The molecule has 0 radical (unpaired) electrons. The SMILES string of the molecule is O=C1CCc2cc(OCCCC=NSc3ccc(Cl)c(Cl)c3)ccc2N1. The quantitative estimate of drug-likeness (QED) is 0.356. The Balaban J connectivity index is 1.37. The van der Waals surface area contributed by atoms with Gasteiger partial charge in [0.25, 0.3) is 0 Å². The fourth-order valence-electron chi connectivity index (χ4n) is 2.50. The van der Waals surface area contributed by atoms with Gasteiger partial charge < -0.3 is 10.1 Å². The molecule has 0 saturated heterocycles. The highest BCUT2D eigenvalue weighted by atomic mass is 35.5. The fraction of sp³-hybridized carbons (Fsp3) is 0.263. The van der Waals surface area contributed by atoms with Gasteiger partial charge in [0.05, 0.1) is 16.7 Å². The van der Waals surface area contributed by atoms with Gasteiger partial charge in [-0.1, -0.05) is 23.2 Å². The van der Waals surface area contributed by atoms with E-state index >= 15 is 0 Å². The maximum atomic E-state index is 11.4. The van der Waals surface area contributed by atoms with Crippen LogP contribution in [-0.4, -0.2) is 18.7 Å². The molecule has 0 fully saturated rings. The van der Waals surface area contributed by atoms with Gasteiger partial charge in [-0.2, -0.15) is 0 Å². The molecule has 1 amide bonds. The standard InChI is InChI=1S/C19H18Cl2N2O2S/c20-16-6-5-15(12-17(16)21)26-22-9-1-2-10-25-14-4-7-18-13(11-14)3-8-19(24)23-18/h4-7,9,11-12H,1-3,8,10H2,(H,23,24). The van der Waals surface area contributed by atoms with Crippen LogP contribution in [-0.2, 0) is 11.2 Å². The van der Waals surface area contributed by atoms with Gasteiger partial charge in [-0.25, -0.2) is 4.40 Å². The van der Waals surface area contributed by atoms with Crippen LogP contribution >= 0.6 is 35.1 Å². The molecule has 0 aliphatic carbocycles. The molecule has 1 aliphatic rings. The van der Waals surface area contributed by atoms with Crippen LogP contribution in [0.2, 0.25) is 10.0 Å². The Bertz CT molecular complexity index is 827. The molecule has 0 aromatic heterocycles. The minimum Gasteiger partial charge on any atom is -0.494 e. The predicted molar refractivity (Wildman–Crippen MR) is 109 cm³/mol. The first-order valence-electron chi connectivity index (χ1n) is 8.31. The molecule has 1 N–H and O–H groups in total. The molecule has 1 heterocycles. The summed E-state index contributed by atoms with van der Waals surface area (Å²) in [6.45, 7) is 0.620. The van der Waals surface area contributed by atoms with Crippen LogP contribution in [0.3, 0.4) is 0 Å². The second-order valence-electron chi connectivity index (χ2n) is 5.81. The summed E-state index contributed by atoms with van der Waals surface area (Å²) < 4.78 is 10.1. The van der Waals surface area contributed by atoms with Crippen molar-refractivity contribution in [2.24, 2.45) is 4.40 Å². The number of halogens is 2. The third-order valence-corrected chi connectivity index (χ3v) is 5.30. The summed E-state index contributed by atoms with van der Waals surface area (Å²) in [6.07, 6.45) is 4.87. The molecule has 0 spiro atoms. The average molecular weight is 409 g/mol. The van der Waals surface area contributed by atoms with Crippen molar-refractivity contribution < 1.29 is 9.53 Å². The Morgan fingerprint density at radius 1 is 1.15 bits per heavy atom. The smallest absolute Gasteiger partial charge is 0.224 e. The number of rotatable bonds is 7. The highest BCUT2D eigenvalue weighted by Crippen LogP contribution is 2.28. The zero-order chi connectivity index (χ0) is 18.4. The Labute approximate surface area is 167 Å². The summed E-state index contributed by atoms with van der Waals surface area (Å²) in [5, 5.41) is 3.94. The Morgan fingerprint density at radius 2 is 2.04 bits per heavy atom. The van der Waals surface area contributed by atoms with Crippen LogP contribution in [0.25, 0.3) is 0 Å².